The number of aryl methyl sites for hydroxylation is 2. The van der Waals surface area contributed by atoms with Crippen molar-refractivity contribution in [1.29, 1.82) is 0 Å². The summed E-state index contributed by atoms with van der Waals surface area (Å²) in [5.41, 5.74) is 0.631. The fourth-order valence-corrected chi connectivity index (χ4v) is 3.57. The number of furan rings is 1. The molecular weight excluding hydrogens is 280 g/mol. The molecule has 0 aliphatic carbocycles. The Morgan fingerprint density at radius 3 is 2.41 bits per heavy atom. The zero-order valence-corrected chi connectivity index (χ0v) is 13.4. The van der Waals surface area contributed by atoms with E-state index in [4.69, 9.17) is 4.42 Å². The average Bonchev–Trinajstić information content (AvgIpc) is 3.15. The fourth-order valence-electron chi connectivity index (χ4n) is 3.57. The Balaban J connectivity index is 1.68. The number of piperidine rings is 1. The molecule has 120 valence electrons. The lowest BCUT2D eigenvalue weighted by Crippen LogP contribution is -2.46. The van der Waals surface area contributed by atoms with Crippen molar-refractivity contribution >= 4 is 11.8 Å². The number of carbonyl (C=O) groups excluding carboxylic acids is 2. The zero-order valence-electron chi connectivity index (χ0n) is 13.4. The van der Waals surface area contributed by atoms with E-state index in [0.717, 1.165) is 51.1 Å². The van der Waals surface area contributed by atoms with E-state index in [-0.39, 0.29) is 17.7 Å². The van der Waals surface area contributed by atoms with E-state index in [2.05, 4.69) is 0 Å². The standard InChI is InChI=1S/C17H24N2O3/c1-12-10-15(13(2)22-12)17(21)19-9-5-6-14(11-19)16(20)18-7-3-4-8-18/h10,14H,3-9,11H2,1-2H3/t14-/m1/s1. The van der Waals surface area contributed by atoms with Gasteiger partial charge in [-0.15, -0.1) is 0 Å². The topological polar surface area (TPSA) is 53.8 Å². The number of hydrogen-bond acceptors (Lipinski definition) is 3. The van der Waals surface area contributed by atoms with E-state index in [1.165, 1.54) is 0 Å². The normalized spacial score (nSPS) is 22.2. The third-order valence-electron chi connectivity index (χ3n) is 4.75. The van der Waals surface area contributed by atoms with Gasteiger partial charge in [-0.1, -0.05) is 0 Å². The van der Waals surface area contributed by atoms with Gasteiger partial charge >= 0.3 is 0 Å². The Hall–Kier alpha value is -1.78. The summed E-state index contributed by atoms with van der Waals surface area (Å²) in [5, 5.41) is 0. The first-order valence-electron chi connectivity index (χ1n) is 8.21. The first kappa shape index (κ1) is 15.1. The fraction of sp³-hybridized carbons (Fsp3) is 0.647. The van der Waals surface area contributed by atoms with Crippen molar-refractivity contribution in [3.05, 3.63) is 23.2 Å². The minimum absolute atomic E-state index is 0.00623. The molecule has 2 saturated heterocycles. The maximum Gasteiger partial charge on any atom is 0.257 e. The summed E-state index contributed by atoms with van der Waals surface area (Å²) in [7, 11) is 0. The van der Waals surface area contributed by atoms with Crippen molar-refractivity contribution in [2.24, 2.45) is 5.92 Å². The van der Waals surface area contributed by atoms with Crippen molar-refractivity contribution in [3.63, 3.8) is 0 Å². The molecule has 22 heavy (non-hydrogen) atoms. The van der Waals surface area contributed by atoms with Gasteiger partial charge in [0.2, 0.25) is 5.91 Å². The number of likely N-dealkylation sites (tertiary alicyclic amines) is 2. The van der Waals surface area contributed by atoms with E-state index in [1.54, 1.807) is 6.07 Å². The summed E-state index contributed by atoms with van der Waals surface area (Å²) < 4.78 is 5.46. The summed E-state index contributed by atoms with van der Waals surface area (Å²) in [6.07, 6.45) is 4.00. The number of nitrogens with zero attached hydrogens (tertiary/aromatic N) is 2. The second kappa shape index (κ2) is 6.15. The monoisotopic (exact) mass is 304 g/mol. The van der Waals surface area contributed by atoms with Crippen LogP contribution in [0.3, 0.4) is 0 Å². The minimum atomic E-state index is -0.0379. The van der Waals surface area contributed by atoms with Gasteiger partial charge in [0.1, 0.15) is 11.5 Å². The largest absolute Gasteiger partial charge is 0.466 e. The molecule has 0 unspecified atom stereocenters. The Morgan fingerprint density at radius 2 is 1.77 bits per heavy atom. The number of hydrogen-bond donors (Lipinski definition) is 0. The van der Waals surface area contributed by atoms with Gasteiger partial charge in [0.25, 0.3) is 5.91 Å². The molecule has 3 rings (SSSR count). The molecule has 1 aromatic rings. The van der Waals surface area contributed by atoms with Crippen LogP contribution < -0.4 is 0 Å². The molecule has 3 heterocycles. The molecule has 0 N–H and O–H groups in total. The second-order valence-corrected chi connectivity index (χ2v) is 6.45. The van der Waals surface area contributed by atoms with Crippen LogP contribution in [-0.4, -0.2) is 47.8 Å². The maximum atomic E-state index is 12.7. The molecule has 0 saturated carbocycles. The van der Waals surface area contributed by atoms with Crippen LogP contribution in [0.5, 0.6) is 0 Å². The molecule has 0 bridgehead atoms. The van der Waals surface area contributed by atoms with Crippen LogP contribution in [0.2, 0.25) is 0 Å². The van der Waals surface area contributed by atoms with Crippen molar-refractivity contribution in [2.45, 2.75) is 39.5 Å². The molecular formula is C17H24N2O3. The summed E-state index contributed by atoms with van der Waals surface area (Å²) in [4.78, 5) is 29.0. The maximum absolute atomic E-state index is 12.7. The van der Waals surface area contributed by atoms with E-state index >= 15 is 0 Å². The molecule has 2 aliphatic rings. The van der Waals surface area contributed by atoms with Gasteiger partial charge in [0.05, 0.1) is 11.5 Å². The SMILES string of the molecule is Cc1cc(C(=O)N2CCC[C@@H](C(=O)N3CCCC3)C2)c(C)o1. The van der Waals surface area contributed by atoms with Gasteiger partial charge in [0.15, 0.2) is 0 Å². The summed E-state index contributed by atoms with van der Waals surface area (Å²) in [6, 6.07) is 1.80. The van der Waals surface area contributed by atoms with Crippen LogP contribution in [-0.2, 0) is 4.79 Å². The lowest BCUT2D eigenvalue weighted by Gasteiger charge is -2.33. The first-order chi connectivity index (χ1) is 10.6. The molecule has 5 heteroatoms. The van der Waals surface area contributed by atoms with E-state index in [0.29, 0.717) is 17.9 Å². The van der Waals surface area contributed by atoms with E-state index in [1.807, 2.05) is 23.6 Å². The van der Waals surface area contributed by atoms with Crippen molar-refractivity contribution < 1.29 is 14.0 Å². The Kier molecular flexibility index (Phi) is 4.23. The molecule has 1 aromatic heterocycles. The van der Waals surface area contributed by atoms with Gasteiger partial charge in [0, 0.05) is 26.2 Å². The van der Waals surface area contributed by atoms with Crippen molar-refractivity contribution in [2.75, 3.05) is 26.2 Å². The van der Waals surface area contributed by atoms with Crippen molar-refractivity contribution in [1.82, 2.24) is 9.80 Å². The Morgan fingerprint density at radius 1 is 1.09 bits per heavy atom. The Bertz CT molecular complexity index is 572. The van der Waals surface area contributed by atoms with Crippen LogP contribution in [0.15, 0.2) is 10.5 Å². The highest BCUT2D eigenvalue weighted by Gasteiger charge is 2.33. The highest BCUT2D eigenvalue weighted by molar-refractivity contribution is 5.95. The number of carbonyl (C=O) groups is 2. The van der Waals surface area contributed by atoms with Crippen molar-refractivity contribution in [3.8, 4) is 0 Å². The zero-order chi connectivity index (χ0) is 15.7. The average molecular weight is 304 g/mol. The molecule has 1 atom stereocenters. The molecule has 0 spiro atoms. The third kappa shape index (κ3) is 2.89. The smallest absolute Gasteiger partial charge is 0.257 e. The molecule has 0 radical (unpaired) electrons. The minimum Gasteiger partial charge on any atom is -0.466 e. The lowest BCUT2D eigenvalue weighted by atomic mass is 9.96. The molecule has 0 aromatic carbocycles. The predicted molar refractivity (Wildman–Crippen MR) is 82.6 cm³/mol. The van der Waals surface area contributed by atoms with E-state index in [9.17, 15) is 9.59 Å². The highest BCUT2D eigenvalue weighted by Crippen LogP contribution is 2.24. The van der Waals surface area contributed by atoms with Crippen LogP contribution in [0.4, 0.5) is 0 Å². The van der Waals surface area contributed by atoms with Gasteiger partial charge in [-0.25, -0.2) is 0 Å². The first-order valence-corrected chi connectivity index (χ1v) is 8.21. The summed E-state index contributed by atoms with van der Waals surface area (Å²) in [6.45, 7) is 6.69. The number of amides is 2. The van der Waals surface area contributed by atoms with Crippen LogP contribution >= 0.6 is 0 Å². The van der Waals surface area contributed by atoms with Crippen LogP contribution in [0.1, 0.15) is 47.6 Å². The summed E-state index contributed by atoms with van der Waals surface area (Å²) in [5.74, 6) is 1.60. The molecule has 2 aliphatic heterocycles. The highest BCUT2D eigenvalue weighted by atomic mass is 16.3. The molecule has 2 fully saturated rings. The van der Waals surface area contributed by atoms with E-state index < -0.39 is 0 Å². The van der Waals surface area contributed by atoms with Gasteiger partial charge in [-0.05, 0) is 45.6 Å². The predicted octanol–water partition coefficient (Wildman–Crippen LogP) is 2.37. The van der Waals surface area contributed by atoms with Gasteiger partial charge in [-0.3, -0.25) is 9.59 Å². The number of rotatable bonds is 2. The van der Waals surface area contributed by atoms with Crippen LogP contribution in [0.25, 0.3) is 0 Å². The summed E-state index contributed by atoms with van der Waals surface area (Å²) >= 11 is 0. The van der Waals surface area contributed by atoms with Gasteiger partial charge in [-0.2, -0.15) is 0 Å². The van der Waals surface area contributed by atoms with Gasteiger partial charge < -0.3 is 14.2 Å². The molecule has 5 nitrogen and oxygen atoms in total. The lowest BCUT2D eigenvalue weighted by molar-refractivity contribution is -0.135. The van der Waals surface area contributed by atoms with Crippen LogP contribution in [0, 0.1) is 19.8 Å². The second-order valence-electron chi connectivity index (χ2n) is 6.45. The molecule has 2 amide bonds. The quantitative estimate of drug-likeness (QED) is 0.843. The Labute approximate surface area is 131 Å². The third-order valence-corrected chi connectivity index (χ3v) is 4.75.